The molecule has 0 saturated carbocycles. The Bertz CT molecular complexity index is 6820. The van der Waals surface area contributed by atoms with Crippen molar-refractivity contribution in [1.82, 2.24) is 49.8 Å². The van der Waals surface area contributed by atoms with Crippen molar-refractivity contribution in [3.05, 3.63) is 313 Å². The second-order valence-corrected chi connectivity index (χ2v) is 39.6. The highest BCUT2D eigenvalue weighted by atomic mass is 32.1. The average Bonchev–Trinajstić information content (AvgIpc) is 1.80. The van der Waals surface area contributed by atoms with Gasteiger partial charge in [0.15, 0.2) is 29.1 Å². The van der Waals surface area contributed by atoms with Gasteiger partial charge in [-0.1, -0.05) is 102 Å². The Balaban J connectivity index is 0.000000166. The number of hydrogen-bond acceptors (Lipinski definition) is 25. The van der Waals surface area contributed by atoms with Crippen molar-refractivity contribution in [1.29, 1.82) is 0 Å². The molecular weight excluding hydrogens is 1840 g/mol. The summed E-state index contributed by atoms with van der Waals surface area (Å²) in [4.78, 5) is 114. The maximum absolute atomic E-state index is 11.0. The molecule has 0 saturated heterocycles. The van der Waals surface area contributed by atoms with Crippen LogP contribution in [0.2, 0.25) is 0 Å². The van der Waals surface area contributed by atoms with Crippen LogP contribution in [0.1, 0.15) is 183 Å². The van der Waals surface area contributed by atoms with Crippen LogP contribution in [0.4, 0.5) is 57.5 Å². The molecule has 0 radical (unpaired) electrons. The first-order chi connectivity index (χ1) is 66.5. The fourth-order valence-corrected chi connectivity index (χ4v) is 19.8. The van der Waals surface area contributed by atoms with E-state index in [0.717, 1.165) is 222 Å². The number of carboxylic acids is 5. The molecule has 0 bridgehead atoms. The predicted octanol–water partition coefficient (Wildman–Crippen LogP) is 26.5. The number of allylic oxidation sites excluding steroid dienone is 2. The van der Waals surface area contributed by atoms with Crippen LogP contribution >= 0.6 is 56.7 Å². The first-order valence-corrected chi connectivity index (χ1v) is 50.0. The molecular formula is C109H119N15O10S5. The molecule has 10 N–H and O–H groups in total. The average molecular weight is 1960 g/mol. The quantitative estimate of drug-likeness (QED) is 0.0167. The standard InChI is InChI=1S/C23H25N3O2S.C22H23N3O2S.C22H25N3O2S.2C21H23N3O2S/c1-5-7-18-19(6-2)25-23(20-12-14(3)15(4)29-20)26-22(18)24-17-10-8-16(9-11-17)13-21(27)28;1-5-6-18-14(3)23-22(19-11-13(2)15(4)28-19)25-21(18)24-17-9-7-16(8-10-17)12-20(26)27;1-5-17-18(6-2)24-22(19-11-13(3)14(4)28-19)25-21(17)23-16-9-7-15(8-10-16)12-20(26)27;1-5-17-13(3)22-21(18-10-12(2)14(4)27-18)24-20(17)23-16-8-6-15(7-9-16)11-19(25)26;1-5-16-17(6-2)23-20(18-11-12(3)13(4)27-18)24-19(16)22-15-9-7-14(8-10-15)21(25)26/h5,8-12H,1,6-7,13H2,2-4H3,(H,27,28)(H,24,25,26);5,7-11H,1,6,12H2,2-4H3,(H,26,27)(H,23,24,25);7-11H,5-6,12H2,1-4H3,(H,26,27)(H,23,24,25);6-10H,5,11H2,1-4H3,(H,25,26)(H,22,23,24);7-11H,5-6H2,1-4H3,(H,25,26)(H,22,23,24). The molecule has 0 unspecified atom stereocenters. The summed E-state index contributed by atoms with van der Waals surface area (Å²) in [5, 5.41) is 61.7. The van der Waals surface area contributed by atoms with Gasteiger partial charge in [-0.05, 0) is 288 Å². The van der Waals surface area contributed by atoms with Crippen molar-refractivity contribution < 1.29 is 49.5 Å². The van der Waals surface area contributed by atoms with E-state index >= 15 is 0 Å². The molecule has 0 aliphatic heterocycles. The van der Waals surface area contributed by atoms with E-state index in [1.807, 2.05) is 123 Å². The molecule has 30 heteroatoms. The Morgan fingerprint density at radius 3 is 0.719 bits per heavy atom. The molecule has 0 spiro atoms. The summed E-state index contributed by atoms with van der Waals surface area (Å²) in [5.41, 5.74) is 24.1. The Labute approximate surface area is 832 Å². The lowest BCUT2D eigenvalue weighted by atomic mass is 10.1. The van der Waals surface area contributed by atoms with E-state index in [2.05, 4.69) is 181 Å². The molecule has 15 rings (SSSR count). The zero-order valence-corrected chi connectivity index (χ0v) is 85.9. The lowest BCUT2D eigenvalue weighted by Crippen LogP contribution is -2.07. The smallest absolute Gasteiger partial charge is 0.335 e. The number of benzene rings is 5. The third-order valence-corrected chi connectivity index (χ3v) is 28.8. The highest BCUT2D eigenvalue weighted by Gasteiger charge is 2.24. The number of nitrogens with zero attached hydrogens (tertiary/aromatic N) is 10. The number of thiophene rings is 5. The van der Waals surface area contributed by atoms with Gasteiger partial charge in [0.05, 0.1) is 55.6 Å². The third-order valence-electron chi connectivity index (χ3n) is 23.1. The summed E-state index contributed by atoms with van der Waals surface area (Å²) in [5.74, 6) is 3.28. The normalized spacial score (nSPS) is 10.8. The van der Waals surface area contributed by atoms with Crippen molar-refractivity contribution in [3.63, 3.8) is 0 Å². The largest absolute Gasteiger partial charge is 0.481 e. The third kappa shape index (κ3) is 28.5. The van der Waals surface area contributed by atoms with E-state index in [9.17, 15) is 24.0 Å². The fourth-order valence-electron chi connectivity index (χ4n) is 15.0. The SMILES string of the molecule is C=CCc1c(C)nc(-c2cc(C)c(C)s2)nc1Nc1ccc(CC(=O)O)cc1.C=CCc1c(CC)nc(-c2cc(C)c(C)s2)nc1Nc1ccc(CC(=O)O)cc1.CCc1c(C)nc(-c2cc(C)c(C)s2)nc1Nc1ccc(CC(=O)O)cc1.CCc1nc(-c2cc(C)c(C)s2)nc(Nc2ccc(C(=O)O)cc2)c1CC.CCc1nc(-c2cc(C)c(C)s2)nc(Nc2ccc(CC(=O)O)cc2)c1CC. The topological polar surface area (TPSA) is 376 Å². The zero-order chi connectivity index (χ0) is 101. The molecule has 15 aromatic rings. The molecule has 0 fully saturated rings. The van der Waals surface area contributed by atoms with Gasteiger partial charge in [0, 0.05) is 109 Å². The highest BCUT2D eigenvalue weighted by molar-refractivity contribution is 7.16. The van der Waals surface area contributed by atoms with E-state index in [4.69, 9.17) is 75.4 Å². The number of carboxylic acid groups (broad SMARTS) is 5. The molecule has 720 valence electrons. The summed E-state index contributed by atoms with van der Waals surface area (Å²) in [6.07, 6.45) is 10.1. The van der Waals surface area contributed by atoms with Crippen molar-refractivity contribution >= 4 is 144 Å². The number of aryl methyl sites for hydroxylation is 15. The van der Waals surface area contributed by atoms with E-state index in [1.165, 1.54) is 52.2 Å². The van der Waals surface area contributed by atoms with Gasteiger partial charge in [-0.15, -0.1) is 69.8 Å². The second-order valence-electron chi connectivity index (χ2n) is 33.3. The fraction of sp³-hybridized carbons (Fsp3) is 0.275. The van der Waals surface area contributed by atoms with Gasteiger partial charge in [-0.25, -0.2) is 54.6 Å². The number of aliphatic carboxylic acids is 4. The number of hydrogen-bond donors (Lipinski definition) is 10. The first-order valence-electron chi connectivity index (χ1n) is 45.9. The molecule has 0 aliphatic carbocycles. The Hall–Kier alpha value is -14.2. The van der Waals surface area contributed by atoms with Gasteiger partial charge in [0.2, 0.25) is 0 Å². The predicted molar refractivity (Wildman–Crippen MR) is 569 cm³/mol. The van der Waals surface area contributed by atoms with Crippen LogP contribution < -0.4 is 26.6 Å². The van der Waals surface area contributed by atoms with E-state index < -0.39 is 29.8 Å². The molecule has 25 nitrogen and oxygen atoms in total. The van der Waals surface area contributed by atoms with E-state index in [1.54, 1.807) is 80.9 Å². The highest BCUT2D eigenvalue weighted by Crippen LogP contribution is 2.39. The van der Waals surface area contributed by atoms with Crippen LogP contribution in [0.15, 0.2) is 177 Å². The summed E-state index contributed by atoms with van der Waals surface area (Å²) < 4.78 is 0. The molecule has 139 heavy (non-hydrogen) atoms. The summed E-state index contributed by atoms with van der Waals surface area (Å²) in [7, 11) is 0. The minimum Gasteiger partial charge on any atom is -0.481 e. The zero-order valence-electron chi connectivity index (χ0n) is 81.8. The minimum absolute atomic E-state index is 0.00976. The van der Waals surface area contributed by atoms with Crippen molar-refractivity contribution in [3.8, 4) is 53.5 Å². The van der Waals surface area contributed by atoms with Gasteiger partial charge >= 0.3 is 29.8 Å². The van der Waals surface area contributed by atoms with Gasteiger partial charge in [-0.3, -0.25) is 19.2 Å². The number of anilines is 10. The Morgan fingerprint density at radius 2 is 0.496 bits per heavy atom. The number of carbonyl (C=O) groups is 5. The summed E-state index contributed by atoms with van der Waals surface area (Å²) in [6, 6.07) is 47.0. The number of aromatic carboxylic acids is 1. The minimum atomic E-state index is -0.933. The molecule has 0 amide bonds. The van der Waals surface area contributed by atoms with E-state index in [-0.39, 0.29) is 31.2 Å². The number of rotatable bonds is 34. The monoisotopic (exact) mass is 1960 g/mol. The maximum Gasteiger partial charge on any atom is 0.335 e. The van der Waals surface area contributed by atoms with Gasteiger partial charge in [0.1, 0.15) is 29.1 Å². The van der Waals surface area contributed by atoms with Crippen molar-refractivity contribution in [2.24, 2.45) is 0 Å². The van der Waals surface area contributed by atoms with Crippen molar-refractivity contribution in [2.45, 2.75) is 202 Å². The van der Waals surface area contributed by atoms with E-state index in [0.29, 0.717) is 18.7 Å². The van der Waals surface area contributed by atoms with Gasteiger partial charge < -0.3 is 52.1 Å². The Morgan fingerprint density at radius 1 is 0.281 bits per heavy atom. The van der Waals surface area contributed by atoms with Crippen LogP contribution in [0.5, 0.6) is 0 Å². The van der Waals surface area contributed by atoms with Crippen LogP contribution in [-0.2, 0) is 96.2 Å². The maximum atomic E-state index is 11.0. The first kappa shape index (κ1) is 105. The van der Waals surface area contributed by atoms with Crippen molar-refractivity contribution in [2.75, 3.05) is 26.6 Å². The van der Waals surface area contributed by atoms with Gasteiger partial charge in [0.25, 0.3) is 0 Å². The molecule has 0 aliphatic rings. The lowest BCUT2D eigenvalue weighted by Gasteiger charge is -2.15. The molecule has 0 atom stereocenters. The summed E-state index contributed by atoms with van der Waals surface area (Å²) >= 11 is 8.51. The molecule has 5 aromatic carbocycles. The number of nitrogens with one attached hydrogen (secondary N) is 5. The van der Waals surface area contributed by atoms with Crippen LogP contribution in [-0.4, -0.2) is 105 Å². The summed E-state index contributed by atoms with van der Waals surface area (Å²) in [6.45, 7) is 45.3. The second kappa shape index (κ2) is 49.2. The lowest BCUT2D eigenvalue weighted by molar-refractivity contribution is -0.137. The van der Waals surface area contributed by atoms with Gasteiger partial charge in [-0.2, -0.15) is 0 Å². The van der Waals surface area contributed by atoms with Crippen LogP contribution in [0.3, 0.4) is 0 Å². The molecule has 10 aromatic heterocycles. The number of aromatic nitrogens is 10. The van der Waals surface area contributed by atoms with Crippen LogP contribution in [0.25, 0.3) is 53.5 Å². The molecule has 10 heterocycles. The Kier molecular flexibility index (Phi) is 37.3. The van der Waals surface area contributed by atoms with Crippen LogP contribution in [0, 0.1) is 83.1 Å².